The zero-order valence-electron chi connectivity index (χ0n) is 37.1. The number of para-hydroxylation sites is 2. The Morgan fingerprint density at radius 3 is 1.67 bits per heavy atom. The molecular formula is C63H42N4. The van der Waals surface area contributed by atoms with E-state index in [0.717, 1.165) is 50.7 Å². The molecule has 0 unspecified atom stereocenters. The Hall–Kier alpha value is -8.78. The van der Waals surface area contributed by atoms with Crippen LogP contribution in [0.3, 0.4) is 0 Å². The molecule has 0 saturated carbocycles. The van der Waals surface area contributed by atoms with E-state index in [-0.39, 0.29) is 5.41 Å². The van der Waals surface area contributed by atoms with Gasteiger partial charge >= 0.3 is 0 Å². The van der Waals surface area contributed by atoms with Crippen molar-refractivity contribution in [3.05, 3.63) is 235 Å². The van der Waals surface area contributed by atoms with Gasteiger partial charge < -0.3 is 4.90 Å². The largest absolute Gasteiger partial charge is 0.310 e. The van der Waals surface area contributed by atoms with E-state index >= 15 is 0 Å². The highest BCUT2D eigenvalue weighted by atomic mass is 15.1. The molecule has 13 rings (SSSR count). The number of aromatic nitrogens is 2. The third kappa shape index (κ3) is 6.02. The van der Waals surface area contributed by atoms with E-state index in [1.165, 1.54) is 71.3 Å². The molecule has 11 aromatic carbocycles. The lowest BCUT2D eigenvalue weighted by Crippen LogP contribution is -2.16. The van der Waals surface area contributed by atoms with E-state index < -0.39 is 0 Å². The monoisotopic (exact) mass is 854 g/mol. The Balaban J connectivity index is 0.886. The summed E-state index contributed by atoms with van der Waals surface area (Å²) in [6.45, 7) is 4.64. The second kappa shape index (κ2) is 14.9. The molecule has 1 heterocycles. The van der Waals surface area contributed by atoms with Gasteiger partial charge in [-0.1, -0.05) is 159 Å². The van der Waals surface area contributed by atoms with Crippen molar-refractivity contribution in [2.75, 3.05) is 4.90 Å². The van der Waals surface area contributed by atoms with Crippen LogP contribution in [0.2, 0.25) is 0 Å². The first-order chi connectivity index (χ1) is 32.9. The van der Waals surface area contributed by atoms with Crippen LogP contribution >= 0.6 is 0 Å². The first-order valence-corrected chi connectivity index (χ1v) is 22.9. The maximum Gasteiger partial charge on any atom is 0.145 e. The summed E-state index contributed by atoms with van der Waals surface area (Å²) in [7, 11) is 0. The fourth-order valence-electron chi connectivity index (χ4n) is 10.9. The predicted molar refractivity (Wildman–Crippen MR) is 278 cm³/mol. The van der Waals surface area contributed by atoms with Gasteiger partial charge in [-0.15, -0.1) is 0 Å². The first kappa shape index (κ1) is 38.7. The molecule has 0 fully saturated rings. The average molecular weight is 855 g/mol. The molecule has 0 bridgehead atoms. The van der Waals surface area contributed by atoms with Crippen LogP contribution in [0.4, 0.5) is 17.1 Å². The average Bonchev–Trinajstić information content (AvgIpc) is 3.88. The minimum atomic E-state index is -0.133. The number of nitrogens with zero attached hydrogens (tertiary/aromatic N) is 4. The number of nitriles is 1. The SMILES string of the molecule is CC1(C)c2ccccc2-c2ccc(N(c3ccc(C#N)cc3)c3ccc(-c4ccc5ccc6c(-c7ccc(-n8c(-c9ccccc9)nc9ccccc98)cc7)ccc7ccc4c5c76)cc3)cc21. The first-order valence-electron chi connectivity index (χ1n) is 22.9. The maximum atomic E-state index is 9.66. The van der Waals surface area contributed by atoms with E-state index in [2.05, 4.69) is 211 Å². The third-order valence-electron chi connectivity index (χ3n) is 14.2. The quantitative estimate of drug-likeness (QED) is 0.150. The minimum Gasteiger partial charge on any atom is -0.310 e. The maximum absolute atomic E-state index is 9.66. The number of anilines is 3. The molecule has 0 aliphatic heterocycles. The van der Waals surface area contributed by atoms with Gasteiger partial charge in [-0.2, -0.15) is 5.26 Å². The van der Waals surface area contributed by atoms with E-state index in [0.29, 0.717) is 5.56 Å². The highest BCUT2D eigenvalue weighted by molar-refractivity contribution is 6.27. The van der Waals surface area contributed by atoms with Crippen LogP contribution in [-0.2, 0) is 5.41 Å². The summed E-state index contributed by atoms with van der Waals surface area (Å²) in [5.41, 5.74) is 17.9. The van der Waals surface area contributed by atoms with Gasteiger partial charge in [0, 0.05) is 33.7 Å². The van der Waals surface area contributed by atoms with Crippen LogP contribution < -0.4 is 4.90 Å². The molecule has 0 radical (unpaired) electrons. The zero-order chi connectivity index (χ0) is 44.8. The Morgan fingerprint density at radius 2 is 1.00 bits per heavy atom. The van der Waals surface area contributed by atoms with Gasteiger partial charge in [0.1, 0.15) is 5.82 Å². The highest BCUT2D eigenvalue weighted by Crippen LogP contribution is 2.51. The second-order valence-corrected chi connectivity index (χ2v) is 18.3. The molecule has 0 N–H and O–H groups in total. The van der Waals surface area contributed by atoms with Crippen LogP contribution in [0.1, 0.15) is 30.5 Å². The lowest BCUT2D eigenvalue weighted by molar-refractivity contribution is 0.660. The Morgan fingerprint density at radius 1 is 0.463 bits per heavy atom. The highest BCUT2D eigenvalue weighted by Gasteiger charge is 2.35. The van der Waals surface area contributed by atoms with Crippen molar-refractivity contribution in [3.8, 4) is 56.5 Å². The second-order valence-electron chi connectivity index (χ2n) is 18.3. The summed E-state index contributed by atoms with van der Waals surface area (Å²) in [5.74, 6) is 0.932. The molecule has 0 amide bonds. The van der Waals surface area contributed by atoms with Gasteiger partial charge in [-0.05, 0) is 150 Å². The Kier molecular flexibility index (Phi) is 8.59. The molecule has 0 spiro atoms. The van der Waals surface area contributed by atoms with Crippen molar-refractivity contribution in [1.29, 1.82) is 5.26 Å². The van der Waals surface area contributed by atoms with Crippen LogP contribution in [0, 0.1) is 11.3 Å². The van der Waals surface area contributed by atoms with Gasteiger partial charge in [0.15, 0.2) is 0 Å². The lowest BCUT2D eigenvalue weighted by atomic mass is 9.82. The topological polar surface area (TPSA) is 44.9 Å². The Bertz CT molecular complexity index is 3930. The smallest absolute Gasteiger partial charge is 0.145 e. The van der Waals surface area contributed by atoms with Crippen LogP contribution in [0.5, 0.6) is 0 Å². The van der Waals surface area contributed by atoms with Crippen LogP contribution in [0.25, 0.3) is 93.8 Å². The van der Waals surface area contributed by atoms with E-state index in [4.69, 9.17) is 4.98 Å². The predicted octanol–water partition coefficient (Wildman–Crippen LogP) is 16.6. The number of hydrogen-bond acceptors (Lipinski definition) is 3. The number of hydrogen-bond donors (Lipinski definition) is 0. The van der Waals surface area contributed by atoms with Gasteiger partial charge in [0.05, 0.1) is 22.7 Å². The molecule has 12 aromatic rings. The van der Waals surface area contributed by atoms with Crippen molar-refractivity contribution in [3.63, 3.8) is 0 Å². The summed E-state index contributed by atoms with van der Waals surface area (Å²) < 4.78 is 2.27. The molecule has 0 atom stereocenters. The van der Waals surface area contributed by atoms with Gasteiger partial charge in [0.2, 0.25) is 0 Å². The van der Waals surface area contributed by atoms with Crippen LogP contribution in [0.15, 0.2) is 218 Å². The van der Waals surface area contributed by atoms with E-state index in [1.54, 1.807) is 0 Å². The summed E-state index contributed by atoms with van der Waals surface area (Å²) >= 11 is 0. The fourth-order valence-corrected chi connectivity index (χ4v) is 10.9. The van der Waals surface area contributed by atoms with Crippen molar-refractivity contribution in [2.45, 2.75) is 19.3 Å². The van der Waals surface area contributed by atoms with Crippen molar-refractivity contribution in [1.82, 2.24) is 9.55 Å². The summed E-state index contributed by atoms with van der Waals surface area (Å²) in [6.07, 6.45) is 0. The number of imidazole rings is 1. The van der Waals surface area contributed by atoms with E-state index in [9.17, 15) is 5.26 Å². The summed E-state index contributed by atoms with van der Waals surface area (Å²) in [5, 5.41) is 17.2. The third-order valence-corrected chi connectivity index (χ3v) is 14.2. The standard InChI is InChI=1S/C63H42N4/c1-63(2)56-13-7-6-12-52(56)53-37-32-49(38-57(53)63)66(46-26-16-40(39-64)17-27-46)47-28-18-41(19-29-47)50-33-22-43-25-36-55-51(34-23-44-24-35-54(50)60(43)61(44)55)42-20-30-48(31-21-42)67-59-15-9-8-14-58(59)65-62(67)45-10-4-3-5-11-45/h3-38H,1-2H3. The molecule has 4 heteroatoms. The molecule has 0 saturated heterocycles. The zero-order valence-corrected chi connectivity index (χ0v) is 37.1. The molecule has 1 aromatic heterocycles. The van der Waals surface area contributed by atoms with Gasteiger partial charge in [0.25, 0.3) is 0 Å². The number of fused-ring (bicyclic) bond motifs is 4. The van der Waals surface area contributed by atoms with Crippen molar-refractivity contribution in [2.24, 2.45) is 0 Å². The van der Waals surface area contributed by atoms with Crippen LogP contribution in [-0.4, -0.2) is 9.55 Å². The number of rotatable bonds is 7. The molecule has 314 valence electrons. The Labute approximate surface area is 389 Å². The van der Waals surface area contributed by atoms with Crippen molar-refractivity contribution >= 4 is 60.4 Å². The van der Waals surface area contributed by atoms with Gasteiger partial charge in [-0.3, -0.25) is 4.57 Å². The molecular weight excluding hydrogens is 813 g/mol. The lowest BCUT2D eigenvalue weighted by Gasteiger charge is -2.28. The minimum absolute atomic E-state index is 0.133. The summed E-state index contributed by atoms with van der Waals surface area (Å²) in [6, 6.07) is 80.8. The summed E-state index contributed by atoms with van der Waals surface area (Å²) in [4.78, 5) is 7.38. The van der Waals surface area contributed by atoms with Gasteiger partial charge in [-0.25, -0.2) is 4.98 Å². The normalized spacial score (nSPS) is 12.7. The molecule has 67 heavy (non-hydrogen) atoms. The number of benzene rings is 11. The molecule has 1 aliphatic rings. The molecule has 4 nitrogen and oxygen atoms in total. The molecule has 1 aliphatic carbocycles. The fraction of sp³-hybridized carbons (Fsp3) is 0.0476. The van der Waals surface area contributed by atoms with Crippen molar-refractivity contribution < 1.29 is 0 Å². The van der Waals surface area contributed by atoms with E-state index in [1.807, 2.05) is 36.4 Å².